The van der Waals surface area contributed by atoms with Crippen LogP contribution in [-0.2, 0) is 10.0 Å². The minimum absolute atomic E-state index is 0.0298. The van der Waals surface area contributed by atoms with E-state index >= 15 is 0 Å². The molecule has 1 aliphatic heterocycles. The largest absolute Gasteiger partial charge is 0.332 e. The Morgan fingerprint density at radius 1 is 1.04 bits per heavy atom. The summed E-state index contributed by atoms with van der Waals surface area (Å²) >= 11 is 0. The molecular weight excluding hydrogens is 343 g/mol. The van der Waals surface area contributed by atoms with E-state index in [1.165, 1.54) is 36.4 Å². The van der Waals surface area contributed by atoms with Crippen LogP contribution in [0.4, 0.5) is 4.39 Å². The number of benzene rings is 2. The Bertz CT molecular complexity index is 864. The average Bonchev–Trinajstić information content (AvgIpc) is 2.61. The van der Waals surface area contributed by atoms with Gasteiger partial charge in [0.1, 0.15) is 5.82 Å². The van der Waals surface area contributed by atoms with Crippen molar-refractivity contribution in [2.45, 2.75) is 30.2 Å². The van der Waals surface area contributed by atoms with Crippen molar-refractivity contribution in [2.24, 2.45) is 5.14 Å². The molecular formula is C18H19FN2O3S. The second-order valence-corrected chi connectivity index (χ2v) is 7.69. The van der Waals surface area contributed by atoms with Crippen LogP contribution in [0.25, 0.3) is 0 Å². The summed E-state index contributed by atoms with van der Waals surface area (Å²) in [7, 11) is -3.79. The molecule has 1 heterocycles. The van der Waals surface area contributed by atoms with Crippen LogP contribution in [0.5, 0.6) is 0 Å². The van der Waals surface area contributed by atoms with Crippen LogP contribution in [-0.4, -0.2) is 25.8 Å². The van der Waals surface area contributed by atoms with E-state index in [1.54, 1.807) is 17.0 Å². The molecule has 132 valence electrons. The van der Waals surface area contributed by atoms with E-state index in [1.807, 2.05) is 0 Å². The molecule has 0 bridgehead atoms. The lowest BCUT2D eigenvalue weighted by atomic mass is 9.94. The van der Waals surface area contributed by atoms with E-state index in [9.17, 15) is 17.6 Å². The fourth-order valence-corrected chi connectivity index (χ4v) is 3.67. The number of rotatable bonds is 3. The van der Waals surface area contributed by atoms with Crippen LogP contribution < -0.4 is 5.14 Å². The minimum atomic E-state index is -3.79. The molecule has 0 spiro atoms. The number of amides is 1. The number of nitrogens with zero attached hydrogens (tertiary/aromatic N) is 1. The Morgan fingerprint density at radius 2 is 1.68 bits per heavy atom. The maximum Gasteiger partial charge on any atom is 0.254 e. The molecule has 7 heteroatoms. The van der Waals surface area contributed by atoms with Crippen LogP contribution in [0.15, 0.2) is 53.4 Å². The number of primary sulfonamides is 1. The maximum absolute atomic E-state index is 13.2. The molecule has 5 nitrogen and oxygen atoms in total. The van der Waals surface area contributed by atoms with Gasteiger partial charge in [0.25, 0.3) is 5.91 Å². The predicted octanol–water partition coefficient (Wildman–Crippen LogP) is 2.84. The third kappa shape index (κ3) is 3.88. The SMILES string of the molecule is NS(=O)(=O)c1ccc(C(=O)N2CCCC[C@@H]2c2ccc(F)cc2)cc1. The first-order valence-corrected chi connectivity index (χ1v) is 9.60. The molecule has 1 fully saturated rings. The van der Waals surface area contributed by atoms with Gasteiger partial charge in [-0.05, 0) is 61.2 Å². The lowest BCUT2D eigenvalue weighted by Gasteiger charge is -2.36. The Labute approximate surface area is 146 Å². The first-order valence-electron chi connectivity index (χ1n) is 8.05. The van der Waals surface area contributed by atoms with Crippen LogP contribution >= 0.6 is 0 Å². The van der Waals surface area contributed by atoms with Gasteiger partial charge in [-0.2, -0.15) is 0 Å². The summed E-state index contributed by atoms with van der Waals surface area (Å²) < 4.78 is 35.8. The van der Waals surface area contributed by atoms with Crippen LogP contribution in [0.1, 0.15) is 41.2 Å². The second-order valence-electron chi connectivity index (χ2n) is 6.13. The van der Waals surface area contributed by atoms with Gasteiger partial charge < -0.3 is 4.90 Å². The van der Waals surface area contributed by atoms with E-state index in [0.717, 1.165) is 24.8 Å². The summed E-state index contributed by atoms with van der Waals surface area (Å²) in [6.45, 7) is 0.609. The average molecular weight is 362 g/mol. The predicted molar refractivity (Wildman–Crippen MR) is 91.8 cm³/mol. The fraction of sp³-hybridized carbons (Fsp3) is 0.278. The first kappa shape index (κ1) is 17.6. The molecule has 1 amide bonds. The molecule has 0 aromatic heterocycles. The monoisotopic (exact) mass is 362 g/mol. The summed E-state index contributed by atoms with van der Waals surface area (Å²) in [4.78, 5) is 14.6. The quantitative estimate of drug-likeness (QED) is 0.912. The number of hydrogen-bond donors (Lipinski definition) is 1. The molecule has 3 rings (SSSR count). The molecule has 1 atom stereocenters. The van der Waals surface area contributed by atoms with Gasteiger partial charge in [0, 0.05) is 12.1 Å². The Hall–Kier alpha value is -2.25. The van der Waals surface area contributed by atoms with Crippen molar-refractivity contribution >= 4 is 15.9 Å². The molecule has 0 radical (unpaired) electrons. The van der Waals surface area contributed by atoms with Crippen molar-refractivity contribution in [1.29, 1.82) is 0 Å². The van der Waals surface area contributed by atoms with E-state index < -0.39 is 10.0 Å². The third-order valence-corrected chi connectivity index (χ3v) is 5.38. The molecule has 0 saturated carbocycles. The molecule has 2 aromatic rings. The van der Waals surface area contributed by atoms with E-state index in [2.05, 4.69) is 0 Å². The molecule has 25 heavy (non-hydrogen) atoms. The molecule has 0 unspecified atom stereocenters. The van der Waals surface area contributed by atoms with Crippen LogP contribution in [0.2, 0.25) is 0 Å². The number of hydrogen-bond acceptors (Lipinski definition) is 3. The van der Waals surface area contributed by atoms with Crippen molar-refractivity contribution in [1.82, 2.24) is 4.90 Å². The van der Waals surface area contributed by atoms with Gasteiger partial charge in [-0.25, -0.2) is 17.9 Å². The first-order chi connectivity index (χ1) is 11.9. The number of carbonyl (C=O) groups is 1. The Kier molecular flexibility index (Phi) is 4.87. The van der Waals surface area contributed by atoms with Crippen LogP contribution in [0, 0.1) is 5.82 Å². The van der Waals surface area contributed by atoms with E-state index in [-0.39, 0.29) is 22.7 Å². The van der Waals surface area contributed by atoms with Crippen molar-refractivity contribution in [3.05, 3.63) is 65.5 Å². The third-order valence-electron chi connectivity index (χ3n) is 4.45. The summed E-state index contributed by atoms with van der Waals surface area (Å²) in [6, 6.07) is 11.7. The Balaban J connectivity index is 1.87. The van der Waals surface area contributed by atoms with E-state index in [4.69, 9.17) is 5.14 Å². The molecule has 1 saturated heterocycles. The molecule has 2 aromatic carbocycles. The smallest absolute Gasteiger partial charge is 0.254 e. The summed E-state index contributed by atoms with van der Waals surface area (Å²) in [5.74, 6) is -0.481. The van der Waals surface area contributed by atoms with Crippen molar-refractivity contribution < 1.29 is 17.6 Å². The standard InChI is InChI=1S/C18H19FN2O3S/c19-15-8-4-13(5-9-15)17-3-1-2-12-21(17)18(22)14-6-10-16(11-7-14)25(20,23)24/h4-11,17H,1-3,12H2,(H2,20,23,24)/t17-/m1/s1. The second kappa shape index (κ2) is 6.93. The van der Waals surface area contributed by atoms with Crippen molar-refractivity contribution in [2.75, 3.05) is 6.54 Å². The molecule has 0 aliphatic carbocycles. The number of sulfonamides is 1. The summed E-state index contributed by atoms with van der Waals surface area (Å²) in [6.07, 6.45) is 2.71. The number of likely N-dealkylation sites (tertiary alicyclic amines) is 1. The Morgan fingerprint density at radius 3 is 2.28 bits per heavy atom. The number of piperidine rings is 1. The summed E-state index contributed by atoms with van der Waals surface area (Å²) in [5.41, 5.74) is 1.30. The summed E-state index contributed by atoms with van der Waals surface area (Å²) in [5, 5.41) is 5.08. The lowest BCUT2D eigenvalue weighted by Crippen LogP contribution is -2.38. The zero-order chi connectivity index (χ0) is 18.0. The topological polar surface area (TPSA) is 80.5 Å². The highest BCUT2D eigenvalue weighted by Gasteiger charge is 2.28. The van der Waals surface area contributed by atoms with Gasteiger partial charge in [0.2, 0.25) is 10.0 Å². The van der Waals surface area contributed by atoms with Gasteiger partial charge in [-0.15, -0.1) is 0 Å². The molecule has 1 aliphatic rings. The zero-order valence-corrected chi connectivity index (χ0v) is 14.4. The zero-order valence-electron chi connectivity index (χ0n) is 13.6. The van der Waals surface area contributed by atoms with E-state index in [0.29, 0.717) is 12.1 Å². The number of carbonyl (C=O) groups excluding carboxylic acids is 1. The van der Waals surface area contributed by atoms with Crippen molar-refractivity contribution in [3.8, 4) is 0 Å². The van der Waals surface area contributed by atoms with Gasteiger partial charge >= 0.3 is 0 Å². The number of halogens is 1. The highest BCUT2D eigenvalue weighted by Crippen LogP contribution is 2.32. The highest BCUT2D eigenvalue weighted by molar-refractivity contribution is 7.89. The van der Waals surface area contributed by atoms with Crippen molar-refractivity contribution in [3.63, 3.8) is 0 Å². The van der Waals surface area contributed by atoms with Gasteiger partial charge in [-0.1, -0.05) is 12.1 Å². The number of nitrogens with two attached hydrogens (primary N) is 1. The van der Waals surface area contributed by atoms with Gasteiger partial charge in [0.15, 0.2) is 0 Å². The fourth-order valence-electron chi connectivity index (χ4n) is 3.16. The van der Waals surface area contributed by atoms with Gasteiger partial charge in [0.05, 0.1) is 10.9 Å². The highest BCUT2D eigenvalue weighted by atomic mass is 32.2. The minimum Gasteiger partial charge on any atom is -0.332 e. The van der Waals surface area contributed by atoms with Crippen LogP contribution in [0.3, 0.4) is 0 Å². The lowest BCUT2D eigenvalue weighted by molar-refractivity contribution is 0.0611. The maximum atomic E-state index is 13.2. The van der Waals surface area contributed by atoms with Gasteiger partial charge in [-0.3, -0.25) is 4.79 Å². The normalized spacial score (nSPS) is 18.2. The molecule has 2 N–H and O–H groups in total.